The summed E-state index contributed by atoms with van der Waals surface area (Å²) in [5.41, 5.74) is 2.51. The first-order chi connectivity index (χ1) is 9.97. The zero-order valence-electron chi connectivity index (χ0n) is 11.4. The molecule has 0 aromatic heterocycles. The molecule has 5 heteroatoms. The highest BCUT2D eigenvalue weighted by Crippen LogP contribution is 2.17. The van der Waals surface area contributed by atoms with Gasteiger partial charge in [0.05, 0.1) is 5.56 Å². The molecule has 21 heavy (non-hydrogen) atoms. The molecule has 0 atom stereocenters. The van der Waals surface area contributed by atoms with Crippen molar-refractivity contribution < 1.29 is 14.7 Å². The number of nitrogens with one attached hydrogen (secondary N) is 1. The molecule has 0 aliphatic heterocycles. The van der Waals surface area contributed by atoms with Gasteiger partial charge in [0.15, 0.2) is 0 Å². The zero-order valence-corrected chi connectivity index (χ0v) is 13.0. The Kier molecular flexibility index (Phi) is 4.75. The summed E-state index contributed by atoms with van der Waals surface area (Å²) in [4.78, 5) is 22.9. The molecular formula is C16H14BrNO3. The van der Waals surface area contributed by atoms with E-state index in [0.29, 0.717) is 5.56 Å². The Morgan fingerprint density at radius 2 is 1.90 bits per heavy atom. The number of carboxylic acid groups (broad SMARTS) is 1. The summed E-state index contributed by atoms with van der Waals surface area (Å²) in [7, 11) is 0. The van der Waals surface area contributed by atoms with E-state index in [1.807, 2.05) is 13.0 Å². The number of carboxylic acids is 1. The smallest absolute Gasteiger partial charge is 0.335 e. The van der Waals surface area contributed by atoms with Crippen LogP contribution in [0.4, 0.5) is 0 Å². The molecule has 0 radical (unpaired) electrons. The van der Waals surface area contributed by atoms with Gasteiger partial charge in [-0.3, -0.25) is 4.79 Å². The summed E-state index contributed by atoms with van der Waals surface area (Å²) in [6, 6.07) is 11.9. The van der Waals surface area contributed by atoms with Gasteiger partial charge in [0.25, 0.3) is 5.91 Å². The molecule has 0 aliphatic rings. The van der Waals surface area contributed by atoms with Gasteiger partial charge in [-0.1, -0.05) is 28.1 Å². The topological polar surface area (TPSA) is 66.4 Å². The van der Waals surface area contributed by atoms with Crippen LogP contribution in [0.15, 0.2) is 46.9 Å². The van der Waals surface area contributed by atoms with E-state index < -0.39 is 5.97 Å². The first-order valence-electron chi connectivity index (χ1n) is 6.34. The quantitative estimate of drug-likeness (QED) is 0.890. The molecule has 2 aromatic carbocycles. The minimum absolute atomic E-state index is 0.189. The van der Waals surface area contributed by atoms with Gasteiger partial charge in [-0.15, -0.1) is 0 Å². The lowest BCUT2D eigenvalue weighted by Gasteiger charge is -2.07. The van der Waals surface area contributed by atoms with Crippen LogP contribution >= 0.6 is 15.9 Å². The van der Waals surface area contributed by atoms with Gasteiger partial charge in [0.2, 0.25) is 0 Å². The second-order valence-electron chi connectivity index (χ2n) is 4.65. The van der Waals surface area contributed by atoms with Gasteiger partial charge in [0.1, 0.15) is 0 Å². The Bertz CT molecular complexity index is 698. The summed E-state index contributed by atoms with van der Waals surface area (Å²) in [5.74, 6) is -1.17. The van der Waals surface area contributed by atoms with E-state index in [1.165, 1.54) is 6.07 Å². The van der Waals surface area contributed by atoms with E-state index in [0.717, 1.165) is 15.6 Å². The molecular weight excluding hydrogens is 334 g/mol. The largest absolute Gasteiger partial charge is 0.478 e. The molecule has 2 N–H and O–H groups in total. The van der Waals surface area contributed by atoms with Crippen LogP contribution in [0, 0.1) is 6.92 Å². The van der Waals surface area contributed by atoms with Crippen molar-refractivity contribution in [3.05, 3.63) is 69.2 Å². The van der Waals surface area contributed by atoms with Crippen molar-refractivity contribution in [3.8, 4) is 0 Å². The Morgan fingerprint density at radius 3 is 2.57 bits per heavy atom. The maximum atomic E-state index is 12.1. The maximum Gasteiger partial charge on any atom is 0.335 e. The van der Waals surface area contributed by atoms with Crippen molar-refractivity contribution in [2.75, 3.05) is 0 Å². The van der Waals surface area contributed by atoms with Crippen molar-refractivity contribution >= 4 is 27.8 Å². The number of rotatable bonds is 4. The second-order valence-corrected chi connectivity index (χ2v) is 5.51. The average Bonchev–Trinajstić information content (AvgIpc) is 2.48. The lowest BCUT2D eigenvalue weighted by atomic mass is 10.1. The number of carbonyl (C=O) groups is 2. The van der Waals surface area contributed by atoms with E-state index in [1.54, 1.807) is 30.3 Å². The first kappa shape index (κ1) is 15.3. The molecule has 2 rings (SSSR count). The van der Waals surface area contributed by atoms with Crippen molar-refractivity contribution in [1.29, 1.82) is 0 Å². The normalized spacial score (nSPS) is 10.2. The van der Waals surface area contributed by atoms with Gasteiger partial charge in [-0.25, -0.2) is 4.79 Å². The minimum atomic E-state index is -0.980. The average molecular weight is 348 g/mol. The molecule has 108 valence electrons. The van der Waals surface area contributed by atoms with Crippen LogP contribution in [0.2, 0.25) is 0 Å². The monoisotopic (exact) mass is 347 g/mol. The van der Waals surface area contributed by atoms with Crippen molar-refractivity contribution in [3.63, 3.8) is 0 Å². The van der Waals surface area contributed by atoms with E-state index in [9.17, 15) is 9.59 Å². The van der Waals surface area contributed by atoms with Gasteiger partial charge < -0.3 is 10.4 Å². The molecule has 4 nitrogen and oxygen atoms in total. The molecule has 0 saturated carbocycles. The first-order valence-corrected chi connectivity index (χ1v) is 7.13. The molecule has 0 saturated heterocycles. The number of benzene rings is 2. The van der Waals surface area contributed by atoms with Crippen molar-refractivity contribution in [2.45, 2.75) is 13.5 Å². The molecule has 2 aromatic rings. The summed E-state index contributed by atoms with van der Waals surface area (Å²) in [6.45, 7) is 2.20. The van der Waals surface area contributed by atoms with Gasteiger partial charge in [-0.05, 0) is 48.4 Å². The van der Waals surface area contributed by atoms with E-state index in [-0.39, 0.29) is 18.0 Å². The van der Waals surface area contributed by atoms with Crippen molar-refractivity contribution in [1.82, 2.24) is 5.32 Å². The Hall–Kier alpha value is -2.14. The predicted molar refractivity (Wildman–Crippen MR) is 83.5 cm³/mol. The number of aryl methyl sites for hydroxylation is 1. The Morgan fingerprint density at radius 1 is 1.14 bits per heavy atom. The third kappa shape index (κ3) is 3.92. The third-order valence-electron chi connectivity index (χ3n) is 3.05. The Labute approximate surface area is 130 Å². The van der Waals surface area contributed by atoms with Crippen LogP contribution in [-0.4, -0.2) is 17.0 Å². The number of amides is 1. The van der Waals surface area contributed by atoms with Crippen LogP contribution in [0.1, 0.15) is 31.8 Å². The van der Waals surface area contributed by atoms with Crippen molar-refractivity contribution in [2.24, 2.45) is 0 Å². The molecule has 0 unspecified atom stereocenters. The molecule has 0 spiro atoms. The molecule has 0 aliphatic carbocycles. The number of aromatic carboxylic acids is 1. The highest BCUT2D eigenvalue weighted by atomic mass is 79.9. The number of hydrogen-bond acceptors (Lipinski definition) is 2. The van der Waals surface area contributed by atoms with Crippen LogP contribution in [-0.2, 0) is 6.54 Å². The Balaban J connectivity index is 2.05. The molecule has 0 heterocycles. The van der Waals surface area contributed by atoms with E-state index in [4.69, 9.17) is 5.11 Å². The van der Waals surface area contributed by atoms with Crippen LogP contribution < -0.4 is 5.32 Å². The number of halogens is 1. The summed E-state index contributed by atoms with van der Waals surface area (Å²) >= 11 is 3.39. The lowest BCUT2D eigenvalue weighted by Crippen LogP contribution is -2.23. The lowest BCUT2D eigenvalue weighted by molar-refractivity contribution is 0.0696. The number of hydrogen-bond donors (Lipinski definition) is 2. The predicted octanol–water partition coefficient (Wildman–Crippen LogP) is 3.39. The van der Waals surface area contributed by atoms with Crippen LogP contribution in [0.5, 0.6) is 0 Å². The van der Waals surface area contributed by atoms with Gasteiger partial charge in [0, 0.05) is 16.6 Å². The minimum Gasteiger partial charge on any atom is -0.478 e. The van der Waals surface area contributed by atoms with Gasteiger partial charge >= 0.3 is 5.97 Å². The van der Waals surface area contributed by atoms with E-state index in [2.05, 4.69) is 21.2 Å². The standard InChI is InChI=1S/C16H14BrNO3/c1-10-7-12(5-6-14(10)17)15(19)18-9-11-3-2-4-13(8-11)16(20)21/h2-8H,9H2,1H3,(H,18,19)(H,20,21). The highest BCUT2D eigenvalue weighted by Gasteiger charge is 2.08. The fraction of sp³-hybridized carbons (Fsp3) is 0.125. The third-order valence-corrected chi connectivity index (χ3v) is 3.94. The highest BCUT2D eigenvalue weighted by molar-refractivity contribution is 9.10. The summed E-state index contributed by atoms with van der Waals surface area (Å²) in [6.07, 6.45) is 0. The van der Waals surface area contributed by atoms with E-state index >= 15 is 0 Å². The molecule has 0 fully saturated rings. The second kappa shape index (κ2) is 6.54. The fourth-order valence-electron chi connectivity index (χ4n) is 1.88. The van der Waals surface area contributed by atoms with Crippen LogP contribution in [0.25, 0.3) is 0 Å². The van der Waals surface area contributed by atoms with Gasteiger partial charge in [-0.2, -0.15) is 0 Å². The maximum absolute atomic E-state index is 12.1. The SMILES string of the molecule is Cc1cc(C(=O)NCc2cccc(C(=O)O)c2)ccc1Br. The van der Waals surface area contributed by atoms with Crippen LogP contribution in [0.3, 0.4) is 0 Å². The fourth-order valence-corrected chi connectivity index (χ4v) is 2.13. The summed E-state index contributed by atoms with van der Waals surface area (Å²) in [5, 5.41) is 11.7. The number of carbonyl (C=O) groups excluding carboxylic acids is 1. The summed E-state index contributed by atoms with van der Waals surface area (Å²) < 4.78 is 0.952. The zero-order chi connectivity index (χ0) is 15.4. The molecule has 1 amide bonds. The molecule has 0 bridgehead atoms.